The first-order valence-corrected chi connectivity index (χ1v) is 12.3. The van der Waals surface area contributed by atoms with Crippen LogP contribution >= 0.6 is 11.6 Å². The molecule has 172 valence electrons. The second-order valence-corrected chi connectivity index (χ2v) is 10.8. The molecule has 3 aliphatic rings. The van der Waals surface area contributed by atoms with Crippen molar-refractivity contribution in [1.29, 1.82) is 0 Å². The van der Waals surface area contributed by atoms with Gasteiger partial charge in [0, 0.05) is 36.4 Å². The van der Waals surface area contributed by atoms with Crippen molar-refractivity contribution < 1.29 is 27.1 Å². The molecule has 4 rings (SSSR count). The van der Waals surface area contributed by atoms with Gasteiger partial charge in [-0.05, 0) is 44.9 Å². The van der Waals surface area contributed by atoms with E-state index in [-0.39, 0.29) is 30.9 Å². The summed E-state index contributed by atoms with van der Waals surface area (Å²) in [7, 11) is -3.97. The van der Waals surface area contributed by atoms with Crippen LogP contribution < -0.4 is 4.72 Å². The van der Waals surface area contributed by atoms with Crippen molar-refractivity contribution in [2.45, 2.75) is 62.6 Å². The van der Waals surface area contributed by atoms with Crippen LogP contribution in [0.3, 0.4) is 0 Å². The SMILES string of the molecule is CC1CC(NS(=O)(=O)CF)CN1C(=O)OCO[C@H]1CC[C@@]2(c3ncc(Cl)cn3)C[C@H]2C1. The van der Waals surface area contributed by atoms with E-state index >= 15 is 0 Å². The van der Waals surface area contributed by atoms with E-state index in [9.17, 15) is 17.6 Å². The predicted molar refractivity (Wildman–Crippen MR) is 110 cm³/mol. The van der Waals surface area contributed by atoms with E-state index in [1.54, 1.807) is 19.3 Å². The van der Waals surface area contributed by atoms with Crippen LogP contribution in [0.1, 0.15) is 44.9 Å². The zero-order chi connectivity index (χ0) is 22.2. The quantitative estimate of drug-likeness (QED) is 0.601. The number of rotatable bonds is 7. The van der Waals surface area contributed by atoms with E-state index in [0.717, 1.165) is 31.5 Å². The fourth-order valence-electron chi connectivity index (χ4n) is 4.88. The maximum atomic E-state index is 12.5. The van der Waals surface area contributed by atoms with Gasteiger partial charge in [-0.3, -0.25) is 0 Å². The summed E-state index contributed by atoms with van der Waals surface area (Å²) in [6.07, 6.45) is 6.71. The Hall–Kier alpha value is -1.56. The molecule has 31 heavy (non-hydrogen) atoms. The molecular weight excluding hydrogens is 451 g/mol. The van der Waals surface area contributed by atoms with E-state index in [1.165, 1.54) is 4.90 Å². The van der Waals surface area contributed by atoms with Gasteiger partial charge in [-0.15, -0.1) is 0 Å². The summed E-state index contributed by atoms with van der Waals surface area (Å²) in [5.74, 6) is 1.29. The van der Waals surface area contributed by atoms with Crippen molar-refractivity contribution >= 4 is 27.7 Å². The van der Waals surface area contributed by atoms with Crippen molar-refractivity contribution in [2.75, 3.05) is 19.3 Å². The Balaban J connectivity index is 1.20. The molecular formula is C19H26ClFN4O5S. The van der Waals surface area contributed by atoms with Crippen molar-refractivity contribution in [3.05, 3.63) is 23.2 Å². The van der Waals surface area contributed by atoms with Crippen LogP contribution in [0.15, 0.2) is 12.4 Å². The van der Waals surface area contributed by atoms with E-state index in [1.807, 2.05) is 0 Å². The lowest BCUT2D eigenvalue weighted by Gasteiger charge is -2.27. The Morgan fingerprint density at radius 1 is 1.39 bits per heavy atom. The van der Waals surface area contributed by atoms with Crippen LogP contribution in [0.4, 0.5) is 9.18 Å². The maximum absolute atomic E-state index is 12.5. The van der Waals surface area contributed by atoms with Gasteiger partial charge in [0.15, 0.2) is 6.79 Å². The van der Waals surface area contributed by atoms with Gasteiger partial charge in [-0.1, -0.05) is 11.6 Å². The van der Waals surface area contributed by atoms with E-state index in [2.05, 4.69) is 14.7 Å². The van der Waals surface area contributed by atoms with Crippen LogP contribution in [0.5, 0.6) is 0 Å². The number of likely N-dealkylation sites (tertiary alicyclic amines) is 1. The summed E-state index contributed by atoms with van der Waals surface area (Å²) in [6, 6.07) is -2.23. The Labute approximate surface area is 185 Å². The second-order valence-electron chi connectivity index (χ2n) is 8.65. The topological polar surface area (TPSA) is 111 Å². The number of nitrogens with one attached hydrogen (secondary N) is 1. The number of hydrogen-bond donors (Lipinski definition) is 1. The van der Waals surface area contributed by atoms with Gasteiger partial charge in [-0.2, -0.15) is 0 Å². The predicted octanol–water partition coefficient (Wildman–Crippen LogP) is 2.36. The average Bonchev–Trinajstić information content (AvgIpc) is 3.36. The molecule has 1 amide bonds. The highest BCUT2D eigenvalue weighted by molar-refractivity contribution is 7.89. The van der Waals surface area contributed by atoms with Gasteiger partial charge in [-0.25, -0.2) is 32.3 Å². The molecule has 9 nitrogen and oxygen atoms in total. The molecule has 3 fully saturated rings. The first-order chi connectivity index (χ1) is 14.7. The Bertz CT molecular complexity index is 920. The number of fused-ring (bicyclic) bond motifs is 1. The summed E-state index contributed by atoms with van der Waals surface area (Å²) < 4.78 is 48.6. The Kier molecular flexibility index (Phi) is 6.39. The number of sulfonamides is 1. The third kappa shape index (κ3) is 4.94. The number of hydrogen-bond acceptors (Lipinski definition) is 7. The second kappa shape index (κ2) is 8.76. The highest BCUT2D eigenvalue weighted by Crippen LogP contribution is 2.61. The molecule has 2 unspecified atom stereocenters. The molecule has 0 aromatic carbocycles. The maximum Gasteiger partial charge on any atom is 0.412 e. The Morgan fingerprint density at radius 2 is 2.13 bits per heavy atom. The lowest BCUT2D eigenvalue weighted by molar-refractivity contribution is -0.0780. The summed E-state index contributed by atoms with van der Waals surface area (Å²) in [6.45, 7) is 1.76. The molecule has 1 aliphatic heterocycles. The number of aromatic nitrogens is 2. The fourth-order valence-corrected chi connectivity index (χ4v) is 5.72. The molecule has 5 atom stereocenters. The van der Waals surface area contributed by atoms with E-state index in [4.69, 9.17) is 21.1 Å². The number of alkyl halides is 1. The molecule has 0 bridgehead atoms. The first-order valence-electron chi connectivity index (χ1n) is 10.3. The van der Waals surface area contributed by atoms with Crippen molar-refractivity contribution in [3.63, 3.8) is 0 Å². The van der Waals surface area contributed by atoms with Crippen LogP contribution in [0.25, 0.3) is 0 Å². The van der Waals surface area contributed by atoms with Gasteiger partial charge in [0.05, 0.1) is 11.1 Å². The molecule has 12 heteroatoms. The highest BCUT2D eigenvalue weighted by Gasteiger charge is 2.59. The van der Waals surface area contributed by atoms with Gasteiger partial charge in [0.25, 0.3) is 0 Å². The third-order valence-corrected chi connectivity index (χ3v) is 7.72. The van der Waals surface area contributed by atoms with Crippen molar-refractivity contribution in [3.8, 4) is 0 Å². The van der Waals surface area contributed by atoms with Gasteiger partial charge in [0.1, 0.15) is 5.82 Å². The molecule has 0 spiro atoms. The lowest BCUT2D eigenvalue weighted by Crippen LogP contribution is -2.40. The third-order valence-electron chi connectivity index (χ3n) is 6.54. The lowest BCUT2D eigenvalue weighted by atomic mass is 9.86. The summed E-state index contributed by atoms with van der Waals surface area (Å²) in [4.78, 5) is 22.6. The number of ether oxygens (including phenoxy) is 2. The minimum absolute atomic E-state index is 0.000777. The van der Waals surface area contributed by atoms with Crippen LogP contribution in [-0.2, 0) is 24.9 Å². The van der Waals surface area contributed by atoms with Crippen LogP contribution in [0.2, 0.25) is 5.02 Å². The highest BCUT2D eigenvalue weighted by atomic mass is 35.5. The van der Waals surface area contributed by atoms with E-state index < -0.39 is 28.2 Å². The normalized spacial score (nSPS) is 32.5. The molecule has 1 aromatic rings. The standard InChI is InChI=1S/C19H26ClFN4O5S/c1-12-4-15(24-31(27,28)10-21)9-25(12)18(26)30-11-29-16-2-3-19(6-13(19)5-16)17-22-7-14(20)8-23-17/h7-8,12-13,15-16,24H,2-6,9-11H2,1H3/t12?,13-,15?,16+,19-/m1/s1. The molecule has 2 aliphatic carbocycles. The molecule has 1 N–H and O–H groups in total. The van der Waals surface area contributed by atoms with Crippen molar-refractivity contribution in [2.24, 2.45) is 5.92 Å². The minimum Gasteiger partial charge on any atom is -0.422 e. The molecule has 2 heterocycles. The van der Waals surface area contributed by atoms with E-state index in [0.29, 0.717) is 17.4 Å². The summed E-state index contributed by atoms with van der Waals surface area (Å²) >= 11 is 5.88. The summed E-state index contributed by atoms with van der Waals surface area (Å²) in [5, 5.41) is 0.523. The van der Waals surface area contributed by atoms with Crippen LogP contribution in [-0.4, -0.2) is 66.9 Å². The summed E-state index contributed by atoms with van der Waals surface area (Å²) in [5.41, 5.74) is 0.0219. The van der Waals surface area contributed by atoms with Gasteiger partial charge >= 0.3 is 6.09 Å². The zero-order valence-electron chi connectivity index (χ0n) is 17.2. The fraction of sp³-hybridized carbons (Fsp3) is 0.737. The number of nitrogens with zero attached hydrogens (tertiary/aromatic N) is 3. The number of amides is 1. The van der Waals surface area contributed by atoms with Gasteiger partial charge in [0.2, 0.25) is 16.0 Å². The Morgan fingerprint density at radius 3 is 2.81 bits per heavy atom. The van der Waals surface area contributed by atoms with Crippen LogP contribution in [0, 0.1) is 5.92 Å². The van der Waals surface area contributed by atoms with Gasteiger partial charge < -0.3 is 14.4 Å². The number of carbonyl (C=O) groups is 1. The monoisotopic (exact) mass is 476 g/mol. The molecule has 2 saturated carbocycles. The number of carbonyl (C=O) groups excluding carboxylic acids is 1. The molecule has 0 radical (unpaired) electrons. The average molecular weight is 477 g/mol. The number of halogens is 2. The molecule has 1 saturated heterocycles. The molecule has 1 aromatic heterocycles. The smallest absolute Gasteiger partial charge is 0.412 e. The zero-order valence-corrected chi connectivity index (χ0v) is 18.7. The van der Waals surface area contributed by atoms with Crippen molar-refractivity contribution in [1.82, 2.24) is 19.6 Å². The first kappa shape index (κ1) is 22.6. The largest absolute Gasteiger partial charge is 0.422 e. The minimum atomic E-state index is -3.97.